The molecule has 3 heterocycles. The molecule has 0 amide bonds. The lowest BCUT2D eigenvalue weighted by molar-refractivity contribution is 0.116. The van der Waals surface area contributed by atoms with Gasteiger partial charge in [-0.1, -0.05) is 6.92 Å². The van der Waals surface area contributed by atoms with Crippen LogP contribution in [-0.2, 0) is 6.54 Å². The Balaban J connectivity index is 1.76. The highest BCUT2D eigenvalue weighted by atomic mass is 32.2. The standard InChI is InChI=1S/C13H11F3N6OS2/c1-2-24-22(13-18-3-7(14)4-19-13)6-9-17-5-8(25-9)11-20-21-12(23-11)10(15)16/h3-5,10H,2,6H2,1H3. The average molecular weight is 388 g/mol. The van der Waals surface area contributed by atoms with Crippen molar-refractivity contribution in [3.05, 3.63) is 35.3 Å². The summed E-state index contributed by atoms with van der Waals surface area (Å²) in [7, 11) is 0. The quantitative estimate of drug-likeness (QED) is 0.567. The van der Waals surface area contributed by atoms with Crippen molar-refractivity contribution in [3.8, 4) is 10.8 Å². The molecule has 0 N–H and O–H groups in total. The van der Waals surface area contributed by atoms with Crippen molar-refractivity contribution in [1.29, 1.82) is 0 Å². The molecule has 0 radical (unpaired) electrons. The molecule has 12 heteroatoms. The summed E-state index contributed by atoms with van der Waals surface area (Å²) in [6, 6.07) is 0. The summed E-state index contributed by atoms with van der Waals surface area (Å²) in [5.41, 5.74) is 0. The fourth-order valence-electron chi connectivity index (χ4n) is 1.79. The third kappa shape index (κ3) is 4.25. The topological polar surface area (TPSA) is 80.8 Å². The molecule has 0 aliphatic heterocycles. The molecule has 3 rings (SSSR count). The highest BCUT2D eigenvalue weighted by molar-refractivity contribution is 8.00. The van der Waals surface area contributed by atoms with Crippen molar-refractivity contribution in [2.24, 2.45) is 0 Å². The Morgan fingerprint density at radius 3 is 2.60 bits per heavy atom. The Morgan fingerprint density at radius 1 is 1.20 bits per heavy atom. The van der Waals surface area contributed by atoms with Crippen LogP contribution in [0, 0.1) is 5.82 Å². The first-order valence-corrected chi connectivity index (χ1v) is 8.77. The minimum absolute atomic E-state index is 0.00761. The number of hydrogen-bond donors (Lipinski definition) is 0. The van der Waals surface area contributed by atoms with Crippen LogP contribution in [0.4, 0.5) is 19.1 Å². The first-order valence-electron chi connectivity index (χ1n) is 7.01. The second kappa shape index (κ2) is 7.78. The van der Waals surface area contributed by atoms with Gasteiger partial charge in [-0.15, -0.1) is 21.5 Å². The zero-order valence-electron chi connectivity index (χ0n) is 12.8. The van der Waals surface area contributed by atoms with Gasteiger partial charge in [-0.05, 0) is 11.9 Å². The van der Waals surface area contributed by atoms with Crippen molar-refractivity contribution in [2.45, 2.75) is 19.9 Å². The van der Waals surface area contributed by atoms with Crippen LogP contribution in [0.15, 0.2) is 23.0 Å². The largest absolute Gasteiger partial charge is 0.414 e. The molecule has 0 aliphatic rings. The van der Waals surface area contributed by atoms with Crippen LogP contribution in [0.5, 0.6) is 0 Å². The Bertz CT molecular complexity index is 825. The van der Waals surface area contributed by atoms with Crippen molar-refractivity contribution in [3.63, 3.8) is 0 Å². The number of halogens is 3. The van der Waals surface area contributed by atoms with E-state index in [2.05, 4.69) is 25.1 Å². The molecule has 0 unspecified atom stereocenters. The summed E-state index contributed by atoms with van der Waals surface area (Å²) in [5, 5.41) is 7.55. The van der Waals surface area contributed by atoms with E-state index in [0.717, 1.165) is 18.1 Å². The third-order valence-electron chi connectivity index (χ3n) is 2.79. The fourth-order valence-corrected chi connectivity index (χ4v) is 3.44. The summed E-state index contributed by atoms with van der Waals surface area (Å²) in [5.74, 6) is -0.157. The molecule has 3 aromatic heterocycles. The van der Waals surface area contributed by atoms with E-state index in [1.165, 1.54) is 29.5 Å². The van der Waals surface area contributed by atoms with Gasteiger partial charge in [-0.25, -0.2) is 19.3 Å². The van der Waals surface area contributed by atoms with Gasteiger partial charge in [0.2, 0.25) is 5.95 Å². The molecule has 7 nitrogen and oxygen atoms in total. The second-order valence-electron chi connectivity index (χ2n) is 4.52. The monoisotopic (exact) mass is 388 g/mol. The first kappa shape index (κ1) is 17.6. The lowest BCUT2D eigenvalue weighted by Gasteiger charge is -2.18. The van der Waals surface area contributed by atoms with E-state index in [1.54, 1.807) is 4.31 Å². The molecule has 0 saturated heterocycles. The van der Waals surface area contributed by atoms with Gasteiger partial charge in [0.1, 0.15) is 9.88 Å². The Labute approximate surface area is 148 Å². The summed E-state index contributed by atoms with van der Waals surface area (Å²) in [4.78, 5) is 12.6. The van der Waals surface area contributed by atoms with Gasteiger partial charge in [0, 0.05) is 5.75 Å². The van der Waals surface area contributed by atoms with Gasteiger partial charge in [0.25, 0.3) is 11.8 Å². The molecular formula is C13H11F3N6OS2. The molecule has 0 atom stereocenters. The number of nitrogens with zero attached hydrogens (tertiary/aromatic N) is 6. The smallest absolute Gasteiger partial charge is 0.314 e. The molecule has 0 saturated carbocycles. The molecule has 0 aliphatic carbocycles. The molecular weight excluding hydrogens is 377 g/mol. The van der Waals surface area contributed by atoms with E-state index < -0.39 is 18.1 Å². The highest BCUT2D eigenvalue weighted by Gasteiger charge is 2.19. The number of thiazole rings is 1. The van der Waals surface area contributed by atoms with Gasteiger partial charge < -0.3 is 4.42 Å². The van der Waals surface area contributed by atoms with Crippen LogP contribution in [0.25, 0.3) is 10.8 Å². The fraction of sp³-hybridized carbons (Fsp3) is 0.308. The molecule has 0 fully saturated rings. The van der Waals surface area contributed by atoms with E-state index in [4.69, 9.17) is 4.42 Å². The average Bonchev–Trinajstić information content (AvgIpc) is 3.24. The van der Waals surface area contributed by atoms with Crippen LogP contribution >= 0.6 is 23.3 Å². The molecule has 0 aromatic carbocycles. The van der Waals surface area contributed by atoms with Crippen LogP contribution in [0.3, 0.4) is 0 Å². The van der Waals surface area contributed by atoms with Crippen LogP contribution in [-0.4, -0.2) is 30.9 Å². The first-order chi connectivity index (χ1) is 12.1. The normalized spacial score (nSPS) is 11.2. The van der Waals surface area contributed by atoms with Crippen LogP contribution in [0.2, 0.25) is 0 Å². The highest BCUT2D eigenvalue weighted by Crippen LogP contribution is 2.29. The molecule has 3 aromatic rings. The predicted octanol–water partition coefficient (Wildman–Crippen LogP) is 3.73. The van der Waals surface area contributed by atoms with E-state index >= 15 is 0 Å². The summed E-state index contributed by atoms with van der Waals surface area (Å²) in [6.07, 6.45) is 0.829. The number of alkyl halides is 2. The molecule has 132 valence electrons. The van der Waals surface area contributed by atoms with Gasteiger partial charge in [0.15, 0.2) is 5.82 Å². The van der Waals surface area contributed by atoms with E-state index in [-0.39, 0.29) is 5.89 Å². The molecule has 0 spiro atoms. The van der Waals surface area contributed by atoms with E-state index in [0.29, 0.717) is 22.4 Å². The zero-order chi connectivity index (χ0) is 17.8. The summed E-state index contributed by atoms with van der Waals surface area (Å²) >= 11 is 2.67. The van der Waals surface area contributed by atoms with Crippen molar-refractivity contribution < 1.29 is 17.6 Å². The third-order valence-corrected chi connectivity index (χ3v) is 4.62. The second-order valence-corrected chi connectivity index (χ2v) is 6.91. The van der Waals surface area contributed by atoms with Gasteiger partial charge in [0.05, 0.1) is 25.1 Å². The predicted molar refractivity (Wildman–Crippen MR) is 86.7 cm³/mol. The minimum atomic E-state index is -2.82. The van der Waals surface area contributed by atoms with E-state index in [9.17, 15) is 13.2 Å². The number of anilines is 1. The lowest BCUT2D eigenvalue weighted by atomic mass is 10.5. The number of hydrogen-bond acceptors (Lipinski definition) is 9. The summed E-state index contributed by atoms with van der Waals surface area (Å²) < 4.78 is 44.7. The minimum Gasteiger partial charge on any atom is -0.414 e. The maximum atomic E-state index is 13.0. The lowest BCUT2D eigenvalue weighted by Crippen LogP contribution is -2.17. The van der Waals surface area contributed by atoms with Crippen LogP contribution < -0.4 is 4.31 Å². The van der Waals surface area contributed by atoms with E-state index in [1.807, 2.05) is 6.92 Å². The molecule has 0 bridgehead atoms. The Kier molecular flexibility index (Phi) is 5.48. The van der Waals surface area contributed by atoms with Crippen molar-refractivity contribution >= 4 is 29.2 Å². The van der Waals surface area contributed by atoms with Gasteiger partial charge >= 0.3 is 6.43 Å². The molecule has 25 heavy (non-hydrogen) atoms. The van der Waals surface area contributed by atoms with Gasteiger partial charge in [-0.3, -0.25) is 4.31 Å². The Morgan fingerprint density at radius 2 is 1.96 bits per heavy atom. The van der Waals surface area contributed by atoms with Gasteiger partial charge in [-0.2, -0.15) is 8.78 Å². The Hall–Kier alpha value is -2.21. The number of aromatic nitrogens is 5. The summed E-state index contributed by atoms with van der Waals surface area (Å²) in [6.45, 7) is 2.31. The SMILES string of the molecule is CCSN(Cc1ncc(-c2nnc(C(F)F)o2)s1)c1ncc(F)cn1. The van der Waals surface area contributed by atoms with Crippen molar-refractivity contribution in [2.75, 3.05) is 10.1 Å². The maximum Gasteiger partial charge on any atom is 0.314 e. The van der Waals surface area contributed by atoms with Crippen molar-refractivity contribution in [1.82, 2.24) is 25.1 Å². The number of rotatable bonds is 7. The maximum absolute atomic E-state index is 13.0. The zero-order valence-corrected chi connectivity index (χ0v) is 14.4. The van der Waals surface area contributed by atoms with Crippen LogP contribution in [0.1, 0.15) is 24.2 Å².